The second-order valence-electron chi connectivity index (χ2n) is 4.02. The third-order valence-corrected chi connectivity index (χ3v) is 2.84. The molecule has 0 aliphatic rings. The molecule has 7 heteroatoms. The number of nitrogens with two attached hydrogens (primary N) is 1. The van der Waals surface area contributed by atoms with Crippen LogP contribution in [0, 0.1) is 0 Å². The Balaban J connectivity index is 2.06. The van der Waals surface area contributed by atoms with Gasteiger partial charge in [-0.3, -0.25) is 4.40 Å². The molecule has 0 aliphatic carbocycles. The molecule has 0 radical (unpaired) electrons. The van der Waals surface area contributed by atoms with Gasteiger partial charge in [0.15, 0.2) is 5.65 Å². The van der Waals surface area contributed by atoms with Gasteiger partial charge in [-0.15, -0.1) is 5.10 Å². The highest BCUT2D eigenvalue weighted by atomic mass is 16.2. The number of hydrogen-bond acceptors (Lipinski definition) is 5. The zero-order valence-corrected chi connectivity index (χ0v) is 10.0. The highest BCUT2D eigenvalue weighted by molar-refractivity contribution is 5.42. The molecule has 0 saturated heterocycles. The Kier molecular flexibility index (Phi) is 2.73. The fourth-order valence-corrected chi connectivity index (χ4v) is 1.93. The van der Waals surface area contributed by atoms with Crippen LogP contribution in [0.5, 0.6) is 0 Å². The number of fused-ring (bicyclic) bond motifs is 1. The van der Waals surface area contributed by atoms with Crippen molar-refractivity contribution < 1.29 is 0 Å². The van der Waals surface area contributed by atoms with Gasteiger partial charge in [-0.1, -0.05) is 12.1 Å². The summed E-state index contributed by atoms with van der Waals surface area (Å²) in [5.41, 5.74) is 3.73. The van der Waals surface area contributed by atoms with Gasteiger partial charge in [0.2, 0.25) is 0 Å². The van der Waals surface area contributed by atoms with E-state index in [2.05, 4.69) is 15.5 Å². The van der Waals surface area contributed by atoms with Crippen molar-refractivity contribution in [3.05, 3.63) is 58.8 Å². The smallest absolute Gasteiger partial charge is 0.308 e. The molecule has 0 unspecified atom stereocenters. The van der Waals surface area contributed by atoms with Crippen LogP contribution in [0.25, 0.3) is 5.65 Å². The van der Waals surface area contributed by atoms with Gasteiger partial charge in [0.05, 0.1) is 6.54 Å². The lowest BCUT2D eigenvalue weighted by atomic mass is 10.2. The van der Waals surface area contributed by atoms with E-state index in [0.29, 0.717) is 18.0 Å². The number of aromatic nitrogens is 4. The Hall–Kier alpha value is -2.67. The first kappa shape index (κ1) is 11.4. The second-order valence-corrected chi connectivity index (χ2v) is 4.02. The summed E-state index contributed by atoms with van der Waals surface area (Å²) in [6.07, 6.45) is 3.32. The van der Waals surface area contributed by atoms with Crippen molar-refractivity contribution in [1.29, 1.82) is 0 Å². The molecule has 96 valence electrons. The number of nitrogens with zero attached hydrogens (tertiary/aromatic N) is 4. The summed E-state index contributed by atoms with van der Waals surface area (Å²) >= 11 is 0. The van der Waals surface area contributed by atoms with Crippen LogP contribution in [0.1, 0.15) is 5.56 Å². The summed E-state index contributed by atoms with van der Waals surface area (Å²) in [4.78, 5) is 16.2. The van der Waals surface area contributed by atoms with Gasteiger partial charge in [-0.05, 0) is 18.2 Å². The zero-order valence-electron chi connectivity index (χ0n) is 10.0. The fourth-order valence-electron chi connectivity index (χ4n) is 1.93. The van der Waals surface area contributed by atoms with E-state index in [9.17, 15) is 4.79 Å². The first-order valence-corrected chi connectivity index (χ1v) is 5.74. The van der Waals surface area contributed by atoms with Crippen LogP contribution < -0.4 is 17.0 Å². The highest BCUT2D eigenvalue weighted by Crippen LogP contribution is 2.10. The molecule has 0 saturated carbocycles. The molecule has 3 rings (SSSR count). The van der Waals surface area contributed by atoms with Crippen molar-refractivity contribution in [3.8, 4) is 0 Å². The lowest BCUT2D eigenvalue weighted by Gasteiger charge is -2.06. The number of hydrogen-bond donors (Lipinski definition) is 2. The van der Waals surface area contributed by atoms with Crippen LogP contribution in [0.3, 0.4) is 0 Å². The Bertz CT molecular complexity index is 775. The topological polar surface area (TPSA) is 90.2 Å². The first-order chi connectivity index (χ1) is 9.29. The molecule has 0 atom stereocenters. The largest absolute Gasteiger partial charge is 0.350 e. The minimum Gasteiger partial charge on any atom is -0.308 e. The predicted octanol–water partition coefficient (Wildman–Crippen LogP) is 0.225. The Morgan fingerprint density at radius 3 is 2.95 bits per heavy atom. The number of pyridine rings is 2. The highest BCUT2D eigenvalue weighted by Gasteiger charge is 2.09. The van der Waals surface area contributed by atoms with E-state index in [0.717, 1.165) is 5.56 Å². The first-order valence-electron chi connectivity index (χ1n) is 5.74. The second kappa shape index (κ2) is 4.54. The van der Waals surface area contributed by atoms with E-state index in [1.807, 2.05) is 12.1 Å². The van der Waals surface area contributed by atoms with Crippen molar-refractivity contribution in [1.82, 2.24) is 19.2 Å². The van der Waals surface area contributed by atoms with E-state index >= 15 is 0 Å². The summed E-state index contributed by atoms with van der Waals surface area (Å²) in [6, 6.07) is 9.04. The third-order valence-electron chi connectivity index (χ3n) is 2.84. The Labute approximate surface area is 108 Å². The average Bonchev–Trinajstić information content (AvgIpc) is 2.77. The molecular weight excluding hydrogens is 244 g/mol. The monoisotopic (exact) mass is 256 g/mol. The van der Waals surface area contributed by atoms with Crippen LogP contribution in [0.15, 0.2) is 47.5 Å². The molecule has 19 heavy (non-hydrogen) atoms. The molecule has 0 bridgehead atoms. The maximum absolute atomic E-state index is 12.1. The maximum atomic E-state index is 12.1. The van der Waals surface area contributed by atoms with E-state index in [4.69, 9.17) is 5.84 Å². The van der Waals surface area contributed by atoms with Gasteiger partial charge in [0.25, 0.3) is 0 Å². The number of nitrogens with one attached hydrogen (secondary N) is 1. The molecule has 0 fully saturated rings. The molecule has 7 nitrogen and oxygen atoms in total. The summed E-state index contributed by atoms with van der Waals surface area (Å²) in [6.45, 7) is 0.313. The number of hydrazine groups is 1. The molecule has 0 spiro atoms. The summed E-state index contributed by atoms with van der Waals surface area (Å²) in [7, 11) is 0. The maximum Gasteiger partial charge on any atom is 0.350 e. The predicted molar refractivity (Wildman–Crippen MR) is 70.6 cm³/mol. The lowest BCUT2D eigenvalue weighted by Crippen LogP contribution is -2.22. The van der Waals surface area contributed by atoms with Gasteiger partial charge < -0.3 is 5.43 Å². The Morgan fingerprint density at radius 2 is 2.16 bits per heavy atom. The van der Waals surface area contributed by atoms with Crippen LogP contribution in [-0.4, -0.2) is 19.2 Å². The molecular formula is C12H12N6O. The molecule has 3 heterocycles. The molecule has 3 N–H and O–H groups in total. The van der Waals surface area contributed by atoms with E-state index < -0.39 is 0 Å². The summed E-state index contributed by atoms with van der Waals surface area (Å²) in [5, 5.41) is 4.25. The van der Waals surface area contributed by atoms with Crippen LogP contribution in [-0.2, 0) is 6.54 Å². The molecule has 0 aromatic carbocycles. The fraction of sp³-hybridized carbons (Fsp3) is 0.0833. The number of rotatable bonds is 3. The quantitative estimate of drug-likeness (QED) is 0.517. The standard InChI is InChI=1S/C12H12N6O/c13-15-11-9(4-3-6-14-11)8-18-12(19)17-7-2-1-5-10(17)16-18/h1-7H,8,13H2,(H,14,15). The normalized spacial score (nSPS) is 10.8. The Morgan fingerprint density at radius 1 is 1.26 bits per heavy atom. The van der Waals surface area contributed by atoms with E-state index in [1.54, 1.807) is 30.6 Å². The zero-order chi connectivity index (χ0) is 13.2. The van der Waals surface area contributed by atoms with Crippen molar-refractivity contribution in [2.75, 3.05) is 5.43 Å². The summed E-state index contributed by atoms with van der Waals surface area (Å²) < 4.78 is 2.87. The lowest BCUT2D eigenvalue weighted by molar-refractivity contribution is 0.658. The minimum absolute atomic E-state index is 0.192. The SMILES string of the molecule is NNc1ncccc1Cn1nc2ccccn2c1=O. The van der Waals surface area contributed by atoms with Crippen LogP contribution in [0.2, 0.25) is 0 Å². The number of nitrogen functional groups attached to an aromatic ring is 1. The van der Waals surface area contributed by atoms with Gasteiger partial charge in [0, 0.05) is 18.0 Å². The molecule has 0 aliphatic heterocycles. The van der Waals surface area contributed by atoms with Crippen molar-refractivity contribution in [2.24, 2.45) is 5.84 Å². The van der Waals surface area contributed by atoms with Crippen molar-refractivity contribution in [3.63, 3.8) is 0 Å². The number of anilines is 1. The van der Waals surface area contributed by atoms with Gasteiger partial charge >= 0.3 is 5.69 Å². The summed E-state index contributed by atoms with van der Waals surface area (Å²) in [5.74, 6) is 5.93. The van der Waals surface area contributed by atoms with E-state index in [1.165, 1.54) is 9.08 Å². The van der Waals surface area contributed by atoms with Crippen molar-refractivity contribution in [2.45, 2.75) is 6.54 Å². The third kappa shape index (κ3) is 1.95. The van der Waals surface area contributed by atoms with E-state index in [-0.39, 0.29) is 5.69 Å². The molecule has 3 aromatic heterocycles. The van der Waals surface area contributed by atoms with Crippen LogP contribution in [0.4, 0.5) is 5.82 Å². The molecule has 3 aromatic rings. The van der Waals surface area contributed by atoms with Gasteiger partial charge in [-0.25, -0.2) is 20.3 Å². The van der Waals surface area contributed by atoms with Gasteiger partial charge in [-0.2, -0.15) is 0 Å². The average molecular weight is 256 g/mol. The minimum atomic E-state index is -0.192. The van der Waals surface area contributed by atoms with Crippen LogP contribution >= 0.6 is 0 Å². The van der Waals surface area contributed by atoms with Gasteiger partial charge in [0.1, 0.15) is 5.82 Å². The van der Waals surface area contributed by atoms with Crippen molar-refractivity contribution >= 4 is 11.5 Å². The molecule has 0 amide bonds.